The van der Waals surface area contributed by atoms with Crippen molar-refractivity contribution in [3.8, 4) is 0 Å². The van der Waals surface area contributed by atoms with E-state index in [1.165, 1.54) is 6.07 Å². The summed E-state index contributed by atoms with van der Waals surface area (Å²) in [6.07, 6.45) is 1.80. The fourth-order valence-corrected chi connectivity index (χ4v) is 4.57. The monoisotopic (exact) mass is 308 g/mol. The van der Waals surface area contributed by atoms with Crippen LogP contribution in [0, 0.1) is 0 Å². The molecule has 2 aromatic rings. The highest BCUT2D eigenvalue weighted by Crippen LogP contribution is 2.19. The fraction of sp³-hybridized carbons (Fsp3) is 0.200. The van der Waals surface area contributed by atoms with Crippen LogP contribution in [-0.2, 0) is 27.1 Å². The molecule has 0 amide bonds. The summed E-state index contributed by atoms with van der Waals surface area (Å²) in [7, 11) is -4.68. The highest BCUT2D eigenvalue weighted by Gasteiger charge is 2.16. The van der Waals surface area contributed by atoms with Crippen LogP contribution in [0.4, 0.5) is 0 Å². The van der Waals surface area contributed by atoms with E-state index in [1.54, 1.807) is 18.2 Å². The minimum absolute atomic E-state index is 0.159. The Balaban J connectivity index is 2.18. The number of hydrogen-bond acceptors (Lipinski definition) is 3. The molecule has 0 aliphatic carbocycles. The minimum Gasteiger partial charge on any atom is -0.254 e. The van der Waals surface area contributed by atoms with E-state index < -0.39 is 20.6 Å². The molecule has 0 N–H and O–H groups in total. The zero-order valence-corrected chi connectivity index (χ0v) is 12.8. The first-order chi connectivity index (χ1) is 9.48. The van der Waals surface area contributed by atoms with Gasteiger partial charge in [-0.15, -0.1) is 0 Å². The van der Waals surface area contributed by atoms with E-state index in [9.17, 15) is 12.6 Å². The molecule has 0 saturated carbocycles. The van der Waals surface area contributed by atoms with Crippen molar-refractivity contribution in [3.05, 3.63) is 60.2 Å². The topological polar surface area (TPSA) is 51.2 Å². The molecule has 106 valence electrons. The Morgan fingerprint density at radius 2 is 1.55 bits per heavy atom. The average Bonchev–Trinajstić information content (AvgIpc) is 2.45. The van der Waals surface area contributed by atoms with Crippen molar-refractivity contribution in [2.75, 3.05) is 12.0 Å². The van der Waals surface area contributed by atoms with Gasteiger partial charge in [-0.3, -0.25) is 4.21 Å². The van der Waals surface area contributed by atoms with Crippen molar-refractivity contribution in [1.82, 2.24) is 0 Å². The molecule has 0 radical (unpaired) electrons. The Labute approximate surface area is 122 Å². The highest BCUT2D eigenvalue weighted by molar-refractivity contribution is 7.92. The Morgan fingerprint density at radius 3 is 2.20 bits per heavy atom. The van der Waals surface area contributed by atoms with Crippen LogP contribution in [0.15, 0.2) is 64.4 Å². The van der Waals surface area contributed by atoms with E-state index in [0.717, 1.165) is 11.8 Å². The van der Waals surface area contributed by atoms with Crippen LogP contribution in [0.2, 0.25) is 0 Å². The summed E-state index contributed by atoms with van der Waals surface area (Å²) in [5.74, 6) is 0.413. The SMILES string of the molecule is CS(=O)(=O)c1ccccc1[S@](=O)CCc1ccccc1. The van der Waals surface area contributed by atoms with Crippen LogP contribution in [0.25, 0.3) is 0 Å². The van der Waals surface area contributed by atoms with Gasteiger partial charge in [0.05, 0.1) is 20.6 Å². The molecule has 0 aliphatic rings. The molecule has 20 heavy (non-hydrogen) atoms. The van der Waals surface area contributed by atoms with E-state index in [2.05, 4.69) is 0 Å². The molecule has 2 rings (SSSR count). The first-order valence-corrected chi connectivity index (χ1v) is 9.41. The van der Waals surface area contributed by atoms with E-state index in [0.29, 0.717) is 17.1 Å². The van der Waals surface area contributed by atoms with E-state index in [-0.39, 0.29) is 4.90 Å². The van der Waals surface area contributed by atoms with Crippen molar-refractivity contribution in [3.63, 3.8) is 0 Å². The number of rotatable bonds is 5. The van der Waals surface area contributed by atoms with Gasteiger partial charge in [0.1, 0.15) is 0 Å². The maximum Gasteiger partial charge on any atom is 0.176 e. The van der Waals surface area contributed by atoms with Crippen LogP contribution in [0.1, 0.15) is 5.56 Å². The maximum atomic E-state index is 12.3. The minimum atomic E-state index is -3.35. The van der Waals surface area contributed by atoms with Crippen LogP contribution in [-0.4, -0.2) is 24.6 Å². The third-order valence-electron chi connectivity index (χ3n) is 2.91. The summed E-state index contributed by atoms with van der Waals surface area (Å²) in [6, 6.07) is 16.2. The molecule has 2 aromatic carbocycles. The molecule has 0 unspecified atom stereocenters. The molecule has 0 heterocycles. The molecular weight excluding hydrogens is 292 g/mol. The van der Waals surface area contributed by atoms with E-state index >= 15 is 0 Å². The number of hydrogen-bond donors (Lipinski definition) is 0. The second-order valence-electron chi connectivity index (χ2n) is 4.50. The van der Waals surface area contributed by atoms with Gasteiger partial charge in [-0.05, 0) is 24.1 Å². The van der Waals surface area contributed by atoms with Crippen LogP contribution in [0.3, 0.4) is 0 Å². The number of sulfone groups is 1. The summed E-state index contributed by atoms with van der Waals surface area (Å²) < 4.78 is 35.7. The lowest BCUT2D eigenvalue weighted by molar-refractivity contribution is 0.599. The first kappa shape index (κ1) is 14.9. The van der Waals surface area contributed by atoms with Gasteiger partial charge in [-0.1, -0.05) is 42.5 Å². The van der Waals surface area contributed by atoms with Gasteiger partial charge in [0.2, 0.25) is 0 Å². The Kier molecular flexibility index (Phi) is 4.73. The Bertz CT molecular complexity index is 707. The molecule has 0 aromatic heterocycles. The van der Waals surface area contributed by atoms with Gasteiger partial charge in [-0.25, -0.2) is 8.42 Å². The van der Waals surface area contributed by atoms with E-state index in [4.69, 9.17) is 0 Å². The van der Waals surface area contributed by atoms with Gasteiger partial charge >= 0.3 is 0 Å². The van der Waals surface area contributed by atoms with Crippen molar-refractivity contribution in [2.45, 2.75) is 16.2 Å². The average molecular weight is 308 g/mol. The quantitative estimate of drug-likeness (QED) is 0.852. The summed E-state index contributed by atoms with van der Waals surface area (Å²) in [6.45, 7) is 0. The smallest absolute Gasteiger partial charge is 0.176 e. The molecule has 0 bridgehead atoms. The maximum absolute atomic E-state index is 12.3. The van der Waals surface area contributed by atoms with Crippen LogP contribution < -0.4 is 0 Å². The Morgan fingerprint density at radius 1 is 0.950 bits per heavy atom. The van der Waals surface area contributed by atoms with Gasteiger partial charge in [0.25, 0.3) is 0 Å². The molecule has 0 saturated heterocycles. The van der Waals surface area contributed by atoms with Crippen molar-refractivity contribution in [1.29, 1.82) is 0 Å². The third kappa shape index (κ3) is 3.77. The van der Waals surface area contributed by atoms with Crippen molar-refractivity contribution < 1.29 is 12.6 Å². The van der Waals surface area contributed by atoms with Gasteiger partial charge in [-0.2, -0.15) is 0 Å². The van der Waals surface area contributed by atoms with Gasteiger partial charge in [0.15, 0.2) is 9.84 Å². The zero-order chi connectivity index (χ0) is 14.6. The lowest BCUT2D eigenvalue weighted by Gasteiger charge is -2.07. The number of aryl methyl sites for hydroxylation is 1. The first-order valence-electron chi connectivity index (χ1n) is 6.20. The molecule has 3 nitrogen and oxygen atoms in total. The normalized spacial score (nSPS) is 13.1. The van der Waals surface area contributed by atoms with Gasteiger partial charge < -0.3 is 0 Å². The summed E-state index contributed by atoms with van der Waals surface area (Å²) in [5.41, 5.74) is 1.10. The Hall–Kier alpha value is -1.46. The van der Waals surface area contributed by atoms with Gasteiger partial charge in [0, 0.05) is 12.0 Å². The van der Waals surface area contributed by atoms with Crippen molar-refractivity contribution >= 4 is 20.6 Å². The molecule has 1 atom stereocenters. The fourth-order valence-electron chi connectivity index (χ4n) is 1.91. The summed E-state index contributed by atoms with van der Waals surface area (Å²) >= 11 is 0. The molecule has 5 heteroatoms. The zero-order valence-electron chi connectivity index (χ0n) is 11.2. The molecule has 0 spiro atoms. The number of benzene rings is 2. The van der Waals surface area contributed by atoms with Crippen LogP contribution >= 0.6 is 0 Å². The standard InChI is InChI=1S/C15H16O3S2/c1-20(17,18)15-10-6-5-9-14(15)19(16)12-11-13-7-3-2-4-8-13/h2-10H,11-12H2,1H3/t19-/m1/s1. The summed E-state index contributed by atoms with van der Waals surface area (Å²) in [5, 5.41) is 0. The summed E-state index contributed by atoms with van der Waals surface area (Å²) in [4.78, 5) is 0.553. The predicted octanol–water partition coefficient (Wildman–Crippen LogP) is 2.44. The third-order valence-corrected chi connectivity index (χ3v) is 5.62. The van der Waals surface area contributed by atoms with E-state index in [1.807, 2.05) is 30.3 Å². The lowest BCUT2D eigenvalue weighted by Crippen LogP contribution is -2.08. The van der Waals surface area contributed by atoms with Crippen molar-refractivity contribution in [2.24, 2.45) is 0 Å². The largest absolute Gasteiger partial charge is 0.254 e. The molecular formula is C15H16O3S2. The molecule has 0 fully saturated rings. The second-order valence-corrected chi connectivity index (χ2v) is 8.03. The molecule has 0 aliphatic heterocycles. The second kappa shape index (κ2) is 6.33. The van der Waals surface area contributed by atoms with Crippen LogP contribution in [0.5, 0.6) is 0 Å². The highest BCUT2D eigenvalue weighted by atomic mass is 32.2. The lowest BCUT2D eigenvalue weighted by atomic mass is 10.2. The predicted molar refractivity (Wildman–Crippen MR) is 81.0 cm³/mol.